The fourth-order valence-electron chi connectivity index (χ4n) is 4.60. The number of hydrogen-bond donors (Lipinski definition) is 2. The van der Waals surface area contributed by atoms with E-state index in [1.54, 1.807) is 4.90 Å². The van der Waals surface area contributed by atoms with E-state index in [4.69, 9.17) is 4.74 Å². The van der Waals surface area contributed by atoms with Crippen LogP contribution >= 0.6 is 0 Å². The number of benzene rings is 1. The summed E-state index contributed by atoms with van der Waals surface area (Å²) >= 11 is 0. The monoisotopic (exact) mass is 438 g/mol. The summed E-state index contributed by atoms with van der Waals surface area (Å²) in [5.74, 6) is 0.145. The largest absolute Gasteiger partial charge is 0.381 e. The maximum Gasteiger partial charge on any atom is 0.254 e. The Morgan fingerprint density at radius 3 is 2.37 bits per heavy atom. The topological polar surface area (TPSA) is 95.9 Å². The SMILES string of the molecule is CC(C)(O)C(=O)N1CCC(NS(C)(=O)=O)C1COC1CCC(c2ccccc2)CC1. The number of carbonyl (C=O) groups is 1. The fourth-order valence-corrected chi connectivity index (χ4v) is 5.42. The summed E-state index contributed by atoms with van der Waals surface area (Å²) in [4.78, 5) is 14.3. The number of sulfonamides is 1. The summed E-state index contributed by atoms with van der Waals surface area (Å²) in [5.41, 5.74) is -0.141. The van der Waals surface area contributed by atoms with Gasteiger partial charge in [0.25, 0.3) is 5.91 Å². The Morgan fingerprint density at radius 2 is 1.80 bits per heavy atom. The van der Waals surface area contributed by atoms with Gasteiger partial charge in [0.15, 0.2) is 0 Å². The predicted molar refractivity (Wildman–Crippen MR) is 116 cm³/mol. The van der Waals surface area contributed by atoms with Gasteiger partial charge in [-0.25, -0.2) is 13.1 Å². The third kappa shape index (κ3) is 6.03. The highest BCUT2D eigenvalue weighted by Gasteiger charge is 2.43. The lowest BCUT2D eigenvalue weighted by Crippen LogP contribution is -2.53. The zero-order valence-electron chi connectivity index (χ0n) is 18.1. The zero-order chi connectivity index (χ0) is 21.9. The van der Waals surface area contributed by atoms with E-state index in [9.17, 15) is 18.3 Å². The molecule has 2 fully saturated rings. The highest BCUT2D eigenvalue weighted by Crippen LogP contribution is 2.34. The molecule has 7 nitrogen and oxygen atoms in total. The second-order valence-electron chi connectivity index (χ2n) is 9.13. The molecule has 2 unspecified atom stereocenters. The van der Waals surface area contributed by atoms with Crippen molar-refractivity contribution in [2.75, 3.05) is 19.4 Å². The summed E-state index contributed by atoms with van der Waals surface area (Å²) in [6, 6.07) is 9.68. The maximum atomic E-state index is 12.7. The highest BCUT2D eigenvalue weighted by molar-refractivity contribution is 7.88. The van der Waals surface area contributed by atoms with Crippen molar-refractivity contribution in [1.29, 1.82) is 0 Å². The van der Waals surface area contributed by atoms with E-state index in [2.05, 4.69) is 29.0 Å². The molecule has 1 amide bonds. The van der Waals surface area contributed by atoms with Crippen LogP contribution in [-0.2, 0) is 19.6 Å². The summed E-state index contributed by atoms with van der Waals surface area (Å²) in [6.07, 6.45) is 5.71. The zero-order valence-corrected chi connectivity index (χ0v) is 18.9. The van der Waals surface area contributed by atoms with Gasteiger partial charge in [0.2, 0.25) is 10.0 Å². The van der Waals surface area contributed by atoms with Gasteiger partial charge in [-0.15, -0.1) is 0 Å². The molecule has 2 N–H and O–H groups in total. The molecule has 8 heteroatoms. The van der Waals surface area contributed by atoms with Crippen LogP contribution in [0, 0.1) is 0 Å². The third-order valence-corrected chi connectivity index (χ3v) is 6.87. The smallest absolute Gasteiger partial charge is 0.254 e. The van der Waals surface area contributed by atoms with Crippen LogP contribution in [0.2, 0.25) is 0 Å². The van der Waals surface area contributed by atoms with Gasteiger partial charge in [-0.05, 0) is 57.4 Å². The quantitative estimate of drug-likeness (QED) is 0.679. The molecule has 168 valence electrons. The molecule has 1 saturated heterocycles. The van der Waals surface area contributed by atoms with Crippen LogP contribution in [0.4, 0.5) is 0 Å². The lowest BCUT2D eigenvalue weighted by molar-refractivity contribution is -0.150. The first-order valence-corrected chi connectivity index (χ1v) is 12.6. The van der Waals surface area contributed by atoms with Crippen molar-refractivity contribution in [3.05, 3.63) is 35.9 Å². The molecule has 0 aromatic heterocycles. The van der Waals surface area contributed by atoms with E-state index in [-0.39, 0.29) is 12.7 Å². The number of rotatable bonds is 7. The number of amides is 1. The Kier molecular flexibility index (Phi) is 7.22. The van der Waals surface area contributed by atoms with Crippen molar-refractivity contribution in [3.8, 4) is 0 Å². The Labute approximate surface area is 179 Å². The van der Waals surface area contributed by atoms with Crippen LogP contribution in [0.1, 0.15) is 57.4 Å². The van der Waals surface area contributed by atoms with Crippen LogP contribution in [0.5, 0.6) is 0 Å². The Bertz CT molecular complexity index is 814. The molecule has 30 heavy (non-hydrogen) atoms. The standard InChI is InChI=1S/C22H34N2O5S/c1-22(2,26)21(25)24-14-13-19(23-30(3,27)28)20(24)15-29-18-11-9-17(10-12-18)16-7-5-4-6-8-16/h4-8,17-20,23,26H,9-15H2,1-3H3. The van der Waals surface area contributed by atoms with Gasteiger partial charge in [0, 0.05) is 12.6 Å². The number of hydrogen-bond acceptors (Lipinski definition) is 5. The van der Waals surface area contributed by atoms with E-state index in [1.807, 2.05) is 6.07 Å². The molecule has 0 radical (unpaired) electrons. The van der Waals surface area contributed by atoms with Gasteiger partial charge >= 0.3 is 0 Å². The van der Waals surface area contributed by atoms with Crippen molar-refractivity contribution >= 4 is 15.9 Å². The van der Waals surface area contributed by atoms with E-state index in [0.717, 1.165) is 31.9 Å². The fraction of sp³-hybridized carbons (Fsp3) is 0.682. The Morgan fingerprint density at radius 1 is 1.17 bits per heavy atom. The molecule has 1 aliphatic heterocycles. The van der Waals surface area contributed by atoms with Gasteiger partial charge in [-0.2, -0.15) is 0 Å². The lowest BCUT2D eigenvalue weighted by Gasteiger charge is -2.34. The van der Waals surface area contributed by atoms with Crippen LogP contribution in [0.3, 0.4) is 0 Å². The molecule has 1 saturated carbocycles. The number of carbonyl (C=O) groups excluding carboxylic acids is 1. The van der Waals surface area contributed by atoms with Gasteiger partial charge in [-0.1, -0.05) is 30.3 Å². The van der Waals surface area contributed by atoms with Gasteiger partial charge in [-0.3, -0.25) is 4.79 Å². The molecule has 2 atom stereocenters. The number of likely N-dealkylation sites (tertiary alicyclic amines) is 1. The summed E-state index contributed by atoms with van der Waals surface area (Å²) in [6.45, 7) is 3.56. The van der Waals surface area contributed by atoms with Crippen LogP contribution in [0.25, 0.3) is 0 Å². The minimum atomic E-state index is -3.41. The summed E-state index contributed by atoms with van der Waals surface area (Å²) in [5, 5.41) is 10.2. The van der Waals surface area contributed by atoms with Gasteiger partial charge in [0.05, 0.1) is 25.0 Å². The molecule has 1 heterocycles. The average Bonchev–Trinajstić information content (AvgIpc) is 3.06. The molecule has 3 rings (SSSR count). The second-order valence-corrected chi connectivity index (χ2v) is 10.9. The minimum Gasteiger partial charge on any atom is -0.381 e. The molecular formula is C22H34N2O5S. The first-order chi connectivity index (χ1) is 14.0. The molecule has 1 aliphatic carbocycles. The van der Waals surface area contributed by atoms with Crippen LogP contribution < -0.4 is 4.72 Å². The highest BCUT2D eigenvalue weighted by atomic mass is 32.2. The van der Waals surface area contributed by atoms with Crippen molar-refractivity contribution in [2.45, 2.75) is 75.7 Å². The summed E-state index contributed by atoms with van der Waals surface area (Å²) < 4.78 is 32.4. The van der Waals surface area contributed by atoms with Crippen molar-refractivity contribution in [2.24, 2.45) is 0 Å². The molecular weight excluding hydrogens is 404 g/mol. The third-order valence-electron chi connectivity index (χ3n) is 6.14. The van der Waals surface area contributed by atoms with Crippen molar-refractivity contribution in [1.82, 2.24) is 9.62 Å². The van der Waals surface area contributed by atoms with Gasteiger partial charge in [0.1, 0.15) is 5.60 Å². The van der Waals surface area contributed by atoms with Crippen LogP contribution in [0.15, 0.2) is 30.3 Å². The number of nitrogens with zero attached hydrogens (tertiary/aromatic N) is 1. The summed E-state index contributed by atoms with van der Waals surface area (Å²) in [7, 11) is -3.41. The van der Waals surface area contributed by atoms with Crippen molar-refractivity contribution < 1.29 is 23.1 Å². The van der Waals surface area contributed by atoms with Crippen molar-refractivity contribution in [3.63, 3.8) is 0 Å². The lowest BCUT2D eigenvalue weighted by atomic mass is 9.83. The molecule has 0 spiro atoms. The van der Waals surface area contributed by atoms with Crippen LogP contribution in [-0.4, -0.2) is 67.5 Å². The molecule has 1 aromatic rings. The predicted octanol–water partition coefficient (Wildman–Crippen LogP) is 2.02. The van der Waals surface area contributed by atoms with E-state index < -0.39 is 33.6 Å². The first kappa shape index (κ1) is 23.2. The minimum absolute atomic E-state index is 0.100. The Hall–Kier alpha value is -1.48. The van der Waals surface area contributed by atoms with E-state index >= 15 is 0 Å². The maximum absolute atomic E-state index is 12.7. The number of nitrogens with one attached hydrogen (secondary N) is 1. The average molecular weight is 439 g/mol. The number of ether oxygens (including phenoxy) is 1. The number of aliphatic hydroxyl groups is 1. The second kappa shape index (κ2) is 9.34. The Balaban J connectivity index is 1.60. The first-order valence-electron chi connectivity index (χ1n) is 10.7. The van der Waals surface area contributed by atoms with E-state index in [1.165, 1.54) is 19.4 Å². The van der Waals surface area contributed by atoms with Gasteiger partial charge < -0.3 is 14.7 Å². The molecule has 2 aliphatic rings. The molecule has 0 bridgehead atoms. The van der Waals surface area contributed by atoms with E-state index in [0.29, 0.717) is 18.9 Å². The normalized spacial score (nSPS) is 27.9. The molecule has 1 aromatic carbocycles.